The lowest BCUT2D eigenvalue weighted by atomic mass is 10.4. The van der Waals surface area contributed by atoms with Crippen molar-refractivity contribution in [3.8, 4) is 0 Å². The molecule has 0 aliphatic carbocycles. The summed E-state index contributed by atoms with van der Waals surface area (Å²) in [7, 11) is 0. The van der Waals surface area contributed by atoms with Gasteiger partial charge in [0.15, 0.2) is 0 Å². The summed E-state index contributed by atoms with van der Waals surface area (Å²) in [6.07, 6.45) is 5.20. The van der Waals surface area contributed by atoms with Crippen molar-refractivity contribution in [2.75, 3.05) is 19.6 Å². The number of hydrogen-bond donors (Lipinski definition) is 2. The molecule has 0 saturated heterocycles. The molecule has 0 fully saturated rings. The van der Waals surface area contributed by atoms with Gasteiger partial charge in [-0.2, -0.15) is 0 Å². The minimum absolute atomic E-state index is 0.781. The summed E-state index contributed by atoms with van der Waals surface area (Å²) < 4.78 is 0. The lowest BCUT2D eigenvalue weighted by Crippen LogP contribution is -2.17. The average molecular weight is 128 g/mol. The Balaban J connectivity index is 2.75. The van der Waals surface area contributed by atoms with Crippen molar-refractivity contribution in [2.24, 2.45) is 5.73 Å². The summed E-state index contributed by atoms with van der Waals surface area (Å²) in [6.45, 7) is 4.80. The highest BCUT2D eigenvalue weighted by Gasteiger charge is 1.79. The summed E-state index contributed by atoms with van der Waals surface area (Å²) in [5, 5.41) is 3.22. The minimum atomic E-state index is 0.781. The second-order valence-electron chi connectivity index (χ2n) is 1.92. The first kappa shape index (κ1) is 8.66. The number of nitrogens with two attached hydrogens (primary N) is 1. The van der Waals surface area contributed by atoms with Crippen LogP contribution in [0.15, 0.2) is 12.2 Å². The molecule has 2 heteroatoms. The summed E-state index contributed by atoms with van der Waals surface area (Å²) in [5.41, 5.74) is 5.29. The molecule has 0 atom stereocenters. The second-order valence-corrected chi connectivity index (χ2v) is 1.92. The predicted molar refractivity (Wildman–Crippen MR) is 41.4 cm³/mol. The number of rotatable bonds is 5. The molecule has 0 aliphatic heterocycles. The van der Waals surface area contributed by atoms with Crippen LogP contribution in [0, 0.1) is 0 Å². The third-order valence-corrected chi connectivity index (χ3v) is 1.06. The largest absolute Gasteiger partial charge is 0.330 e. The highest BCUT2D eigenvalue weighted by molar-refractivity contribution is 4.78. The molecule has 0 heterocycles. The molecular formula is C7H16N2. The Bertz CT molecular complexity index is 69.3. The Labute approximate surface area is 57.1 Å². The van der Waals surface area contributed by atoms with Crippen molar-refractivity contribution in [1.82, 2.24) is 5.32 Å². The van der Waals surface area contributed by atoms with Gasteiger partial charge in [-0.15, -0.1) is 0 Å². The van der Waals surface area contributed by atoms with Crippen LogP contribution in [0.3, 0.4) is 0 Å². The number of allylic oxidation sites excluding steroid dienone is 1. The van der Waals surface area contributed by atoms with Crippen LogP contribution in [0.1, 0.15) is 13.3 Å². The molecule has 0 saturated carbocycles. The lowest BCUT2D eigenvalue weighted by molar-refractivity contribution is 0.700. The molecule has 0 aromatic heterocycles. The monoisotopic (exact) mass is 128 g/mol. The van der Waals surface area contributed by atoms with Crippen molar-refractivity contribution in [1.29, 1.82) is 0 Å². The highest BCUT2D eigenvalue weighted by atomic mass is 14.8. The van der Waals surface area contributed by atoms with Gasteiger partial charge in [-0.1, -0.05) is 12.2 Å². The van der Waals surface area contributed by atoms with E-state index < -0.39 is 0 Å². The first-order valence-corrected chi connectivity index (χ1v) is 3.43. The SMILES string of the molecule is C/C=C/CNCCCN. The summed E-state index contributed by atoms with van der Waals surface area (Å²) in [4.78, 5) is 0. The van der Waals surface area contributed by atoms with Gasteiger partial charge in [-0.3, -0.25) is 0 Å². The molecule has 54 valence electrons. The van der Waals surface area contributed by atoms with Crippen LogP contribution in [0.25, 0.3) is 0 Å². The van der Waals surface area contributed by atoms with Crippen LogP contribution < -0.4 is 11.1 Å². The molecule has 0 bridgehead atoms. The molecule has 0 aromatic carbocycles. The molecule has 3 N–H and O–H groups in total. The Kier molecular flexibility index (Phi) is 7.37. The Morgan fingerprint density at radius 1 is 1.56 bits per heavy atom. The van der Waals surface area contributed by atoms with Crippen LogP contribution in [0.5, 0.6) is 0 Å². The Morgan fingerprint density at radius 3 is 2.89 bits per heavy atom. The van der Waals surface area contributed by atoms with Crippen LogP contribution >= 0.6 is 0 Å². The molecule has 0 unspecified atom stereocenters. The second kappa shape index (κ2) is 7.66. The third-order valence-electron chi connectivity index (χ3n) is 1.06. The van der Waals surface area contributed by atoms with Gasteiger partial charge in [-0.25, -0.2) is 0 Å². The van der Waals surface area contributed by atoms with E-state index >= 15 is 0 Å². The van der Waals surface area contributed by atoms with E-state index in [0.717, 1.165) is 26.1 Å². The van der Waals surface area contributed by atoms with E-state index in [1.54, 1.807) is 0 Å². The molecule has 0 aromatic rings. The maximum absolute atomic E-state index is 5.29. The van der Waals surface area contributed by atoms with E-state index in [-0.39, 0.29) is 0 Å². The third kappa shape index (κ3) is 7.66. The summed E-state index contributed by atoms with van der Waals surface area (Å²) >= 11 is 0. The molecule has 0 spiro atoms. The zero-order chi connectivity index (χ0) is 6.95. The van der Waals surface area contributed by atoms with Crippen molar-refractivity contribution >= 4 is 0 Å². The van der Waals surface area contributed by atoms with Crippen molar-refractivity contribution in [3.63, 3.8) is 0 Å². The van der Waals surface area contributed by atoms with E-state index in [1.165, 1.54) is 0 Å². The molecule has 0 radical (unpaired) electrons. The van der Waals surface area contributed by atoms with E-state index in [9.17, 15) is 0 Å². The van der Waals surface area contributed by atoms with Crippen LogP contribution in [-0.2, 0) is 0 Å². The summed E-state index contributed by atoms with van der Waals surface area (Å²) in [6, 6.07) is 0. The number of hydrogen-bond acceptors (Lipinski definition) is 2. The van der Waals surface area contributed by atoms with Crippen LogP contribution in [0.4, 0.5) is 0 Å². The van der Waals surface area contributed by atoms with Gasteiger partial charge >= 0.3 is 0 Å². The fourth-order valence-corrected chi connectivity index (χ4v) is 0.530. The van der Waals surface area contributed by atoms with Crippen molar-refractivity contribution < 1.29 is 0 Å². The maximum Gasteiger partial charge on any atom is 0.0134 e. The van der Waals surface area contributed by atoms with Crippen LogP contribution in [0.2, 0.25) is 0 Å². The fraction of sp³-hybridized carbons (Fsp3) is 0.714. The van der Waals surface area contributed by atoms with Gasteiger partial charge in [0.1, 0.15) is 0 Å². The lowest BCUT2D eigenvalue weighted by Gasteiger charge is -1.96. The first-order valence-electron chi connectivity index (χ1n) is 3.43. The topological polar surface area (TPSA) is 38.0 Å². The Hall–Kier alpha value is -0.340. The first-order chi connectivity index (χ1) is 4.41. The summed E-state index contributed by atoms with van der Waals surface area (Å²) in [5.74, 6) is 0. The maximum atomic E-state index is 5.29. The van der Waals surface area contributed by atoms with Gasteiger partial charge in [0.2, 0.25) is 0 Å². The molecule has 9 heavy (non-hydrogen) atoms. The van der Waals surface area contributed by atoms with E-state index in [0.29, 0.717) is 0 Å². The number of nitrogens with one attached hydrogen (secondary N) is 1. The normalized spacial score (nSPS) is 10.9. The van der Waals surface area contributed by atoms with Crippen molar-refractivity contribution in [2.45, 2.75) is 13.3 Å². The van der Waals surface area contributed by atoms with E-state index in [4.69, 9.17) is 5.73 Å². The van der Waals surface area contributed by atoms with E-state index in [2.05, 4.69) is 11.4 Å². The average Bonchev–Trinajstić information content (AvgIpc) is 1.89. The van der Waals surface area contributed by atoms with Gasteiger partial charge < -0.3 is 11.1 Å². The fourth-order valence-electron chi connectivity index (χ4n) is 0.530. The van der Waals surface area contributed by atoms with Gasteiger partial charge in [0.25, 0.3) is 0 Å². The highest BCUT2D eigenvalue weighted by Crippen LogP contribution is 1.70. The molecule has 2 nitrogen and oxygen atoms in total. The molecular weight excluding hydrogens is 112 g/mol. The molecule has 0 amide bonds. The van der Waals surface area contributed by atoms with Gasteiger partial charge in [-0.05, 0) is 26.4 Å². The van der Waals surface area contributed by atoms with Gasteiger partial charge in [0.05, 0.1) is 0 Å². The predicted octanol–water partition coefficient (Wildman–Crippen LogP) is 0.501. The Morgan fingerprint density at radius 2 is 2.33 bits per heavy atom. The molecule has 0 rings (SSSR count). The smallest absolute Gasteiger partial charge is 0.0134 e. The zero-order valence-corrected chi connectivity index (χ0v) is 6.06. The molecule has 0 aliphatic rings. The van der Waals surface area contributed by atoms with E-state index in [1.807, 2.05) is 13.0 Å². The standard InChI is InChI=1S/C7H16N2/c1-2-3-6-9-7-4-5-8/h2-3,9H,4-8H2,1H3/b3-2+. The van der Waals surface area contributed by atoms with Crippen molar-refractivity contribution in [3.05, 3.63) is 12.2 Å². The zero-order valence-electron chi connectivity index (χ0n) is 6.06. The quantitative estimate of drug-likeness (QED) is 0.418. The minimum Gasteiger partial charge on any atom is -0.330 e. The van der Waals surface area contributed by atoms with Crippen LogP contribution in [-0.4, -0.2) is 19.6 Å². The van der Waals surface area contributed by atoms with Gasteiger partial charge in [0, 0.05) is 6.54 Å².